The molecule has 1 atom stereocenters. The summed E-state index contributed by atoms with van der Waals surface area (Å²) in [5.74, 6) is -0.307. The Labute approximate surface area is 85.8 Å². The number of nitrogens with two attached hydrogens (primary N) is 1. The first-order chi connectivity index (χ1) is 6.60. The predicted molar refractivity (Wildman–Crippen MR) is 50.5 cm³/mol. The molecule has 0 aliphatic carbocycles. The van der Waals surface area contributed by atoms with Gasteiger partial charge in [0, 0.05) is 5.56 Å². The molecule has 1 unspecified atom stereocenters. The number of rotatable bonds is 2. The molecule has 14 heavy (non-hydrogen) atoms. The lowest BCUT2D eigenvalue weighted by Gasteiger charge is -2.09. The molecule has 0 heterocycles. The molecule has 0 fully saturated rings. The Hall–Kier alpha value is -1.31. The number of hydrogen-bond acceptors (Lipinski definition) is 3. The van der Waals surface area contributed by atoms with Crippen molar-refractivity contribution >= 4 is 11.6 Å². The van der Waals surface area contributed by atoms with E-state index in [9.17, 15) is 4.39 Å². The fraction of sp³-hybridized carbons (Fsp3) is 0.222. The van der Waals surface area contributed by atoms with Gasteiger partial charge in [0.1, 0.15) is 17.6 Å². The Morgan fingerprint density at radius 3 is 2.79 bits per heavy atom. The zero-order chi connectivity index (χ0) is 10.7. The minimum absolute atomic E-state index is 0.0775. The fourth-order valence-corrected chi connectivity index (χ4v) is 1.24. The molecule has 5 heteroatoms. The van der Waals surface area contributed by atoms with Crippen molar-refractivity contribution in [2.24, 2.45) is 5.73 Å². The first-order valence-corrected chi connectivity index (χ1v) is 4.16. The van der Waals surface area contributed by atoms with Crippen LogP contribution in [0.15, 0.2) is 12.1 Å². The third-order valence-electron chi connectivity index (χ3n) is 1.75. The second-order valence-electron chi connectivity index (χ2n) is 2.62. The molecule has 0 bridgehead atoms. The van der Waals surface area contributed by atoms with Crippen LogP contribution in [0.5, 0.6) is 5.75 Å². The first-order valence-electron chi connectivity index (χ1n) is 3.78. The van der Waals surface area contributed by atoms with E-state index in [1.807, 2.05) is 0 Å². The summed E-state index contributed by atoms with van der Waals surface area (Å²) in [7, 11) is 1.40. The van der Waals surface area contributed by atoms with Crippen molar-refractivity contribution in [3.05, 3.63) is 28.5 Å². The van der Waals surface area contributed by atoms with Crippen LogP contribution in [0.25, 0.3) is 0 Å². The molecule has 1 aromatic rings. The van der Waals surface area contributed by atoms with Gasteiger partial charge in [-0.1, -0.05) is 11.6 Å². The standard InChI is InChI=1S/C9H8ClFN2O/c1-14-9-2-5(8(13)4-12)7(11)3-6(9)10/h2-3,8H,13H2,1H3. The van der Waals surface area contributed by atoms with Crippen LogP contribution in [-0.4, -0.2) is 7.11 Å². The van der Waals surface area contributed by atoms with Gasteiger partial charge in [-0.15, -0.1) is 0 Å². The zero-order valence-corrected chi connectivity index (χ0v) is 8.18. The lowest BCUT2D eigenvalue weighted by Crippen LogP contribution is -2.09. The van der Waals surface area contributed by atoms with Crippen molar-refractivity contribution < 1.29 is 9.13 Å². The Kier molecular flexibility index (Phi) is 3.28. The van der Waals surface area contributed by atoms with Crippen molar-refractivity contribution in [3.8, 4) is 11.8 Å². The maximum absolute atomic E-state index is 13.2. The molecule has 1 rings (SSSR count). The maximum Gasteiger partial charge on any atom is 0.138 e. The van der Waals surface area contributed by atoms with Crippen molar-refractivity contribution in [1.29, 1.82) is 5.26 Å². The molecule has 2 N–H and O–H groups in total. The van der Waals surface area contributed by atoms with E-state index in [1.165, 1.54) is 13.2 Å². The van der Waals surface area contributed by atoms with Gasteiger partial charge in [-0.25, -0.2) is 4.39 Å². The number of ether oxygens (including phenoxy) is 1. The van der Waals surface area contributed by atoms with Crippen LogP contribution in [0.1, 0.15) is 11.6 Å². The molecule has 3 nitrogen and oxygen atoms in total. The topological polar surface area (TPSA) is 59.0 Å². The number of hydrogen-bond donors (Lipinski definition) is 1. The van der Waals surface area contributed by atoms with Crippen LogP contribution < -0.4 is 10.5 Å². The lowest BCUT2D eigenvalue weighted by molar-refractivity contribution is 0.412. The third-order valence-corrected chi connectivity index (χ3v) is 2.04. The van der Waals surface area contributed by atoms with Crippen molar-refractivity contribution in [3.63, 3.8) is 0 Å². The molecule has 74 valence electrons. The van der Waals surface area contributed by atoms with Gasteiger partial charge in [0.15, 0.2) is 0 Å². The van der Waals surface area contributed by atoms with Gasteiger partial charge >= 0.3 is 0 Å². The summed E-state index contributed by atoms with van der Waals surface area (Å²) in [5, 5.41) is 8.68. The van der Waals surface area contributed by atoms with Crippen LogP contribution in [0.2, 0.25) is 5.02 Å². The van der Waals surface area contributed by atoms with Crippen molar-refractivity contribution in [1.82, 2.24) is 0 Å². The van der Waals surface area contributed by atoms with Crippen molar-refractivity contribution in [2.75, 3.05) is 7.11 Å². The summed E-state index contributed by atoms with van der Waals surface area (Å²) in [4.78, 5) is 0. The zero-order valence-electron chi connectivity index (χ0n) is 7.42. The Morgan fingerprint density at radius 1 is 1.64 bits per heavy atom. The van der Waals surface area contributed by atoms with Gasteiger partial charge < -0.3 is 10.5 Å². The molecular weight excluding hydrogens is 207 g/mol. The monoisotopic (exact) mass is 214 g/mol. The van der Waals surface area contributed by atoms with Gasteiger partial charge in [0.2, 0.25) is 0 Å². The molecular formula is C9H8ClFN2O. The highest BCUT2D eigenvalue weighted by molar-refractivity contribution is 6.32. The molecule has 0 aromatic heterocycles. The number of methoxy groups -OCH3 is 1. The molecule has 0 aliphatic rings. The number of nitrogens with zero attached hydrogens (tertiary/aromatic N) is 1. The summed E-state index contributed by atoms with van der Waals surface area (Å²) >= 11 is 5.66. The SMILES string of the molecule is COc1cc(C(N)C#N)c(F)cc1Cl. The average Bonchev–Trinajstić information content (AvgIpc) is 2.17. The minimum Gasteiger partial charge on any atom is -0.495 e. The van der Waals surface area contributed by atoms with Crippen LogP contribution in [-0.2, 0) is 0 Å². The first kappa shape index (κ1) is 10.8. The van der Waals surface area contributed by atoms with Gasteiger partial charge in [0.05, 0.1) is 18.2 Å². The highest BCUT2D eigenvalue weighted by Gasteiger charge is 2.14. The Balaban J connectivity index is 3.25. The number of halogens is 2. The van der Waals surface area contributed by atoms with Gasteiger partial charge in [-0.3, -0.25) is 0 Å². The van der Waals surface area contributed by atoms with Crippen LogP contribution in [0.4, 0.5) is 4.39 Å². The van der Waals surface area contributed by atoms with Crippen molar-refractivity contribution in [2.45, 2.75) is 6.04 Å². The summed E-state index contributed by atoms with van der Waals surface area (Å²) in [6, 6.07) is 3.12. The maximum atomic E-state index is 13.2. The van der Waals surface area contributed by atoms with Gasteiger partial charge in [-0.05, 0) is 12.1 Å². The molecule has 0 aliphatic heterocycles. The quantitative estimate of drug-likeness (QED) is 0.819. The van der Waals surface area contributed by atoms with Crippen LogP contribution in [0, 0.1) is 17.1 Å². The van der Waals surface area contributed by atoms with Gasteiger partial charge in [-0.2, -0.15) is 5.26 Å². The molecule has 0 saturated carbocycles. The molecule has 0 amide bonds. The minimum atomic E-state index is -1.01. The normalized spacial score (nSPS) is 11.9. The second-order valence-corrected chi connectivity index (χ2v) is 3.02. The Morgan fingerprint density at radius 2 is 2.29 bits per heavy atom. The average molecular weight is 215 g/mol. The third kappa shape index (κ3) is 1.95. The van der Waals surface area contributed by atoms with Crippen LogP contribution in [0.3, 0.4) is 0 Å². The van der Waals surface area contributed by atoms with E-state index in [0.29, 0.717) is 5.75 Å². The molecule has 0 spiro atoms. The van der Waals surface area contributed by atoms with E-state index in [4.69, 9.17) is 27.3 Å². The van der Waals surface area contributed by atoms with E-state index in [2.05, 4.69) is 0 Å². The fourth-order valence-electron chi connectivity index (χ4n) is 1.01. The number of benzene rings is 1. The second kappa shape index (κ2) is 4.27. The van der Waals surface area contributed by atoms with E-state index < -0.39 is 11.9 Å². The summed E-state index contributed by atoms with van der Waals surface area (Å²) < 4.78 is 18.1. The number of nitriles is 1. The summed E-state index contributed by atoms with van der Waals surface area (Å²) in [6.07, 6.45) is 0. The summed E-state index contributed by atoms with van der Waals surface area (Å²) in [5.41, 5.74) is 5.45. The smallest absolute Gasteiger partial charge is 0.138 e. The van der Waals surface area contributed by atoms with Crippen LogP contribution >= 0.6 is 11.6 Å². The Bertz CT molecular complexity index is 389. The van der Waals surface area contributed by atoms with E-state index >= 15 is 0 Å². The van der Waals surface area contributed by atoms with E-state index in [1.54, 1.807) is 6.07 Å². The lowest BCUT2D eigenvalue weighted by atomic mass is 10.1. The highest BCUT2D eigenvalue weighted by atomic mass is 35.5. The molecule has 0 saturated heterocycles. The largest absolute Gasteiger partial charge is 0.495 e. The summed E-state index contributed by atoms with van der Waals surface area (Å²) in [6.45, 7) is 0. The predicted octanol–water partition coefficient (Wildman–Crippen LogP) is 2.01. The molecule has 1 aromatic carbocycles. The molecule has 0 radical (unpaired) electrons. The van der Waals surface area contributed by atoms with Gasteiger partial charge in [0.25, 0.3) is 0 Å². The van der Waals surface area contributed by atoms with E-state index in [0.717, 1.165) is 6.07 Å². The highest BCUT2D eigenvalue weighted by Crippen LogP contribution is 2.29. The van der Waals surface area contributed by atoms with E-state index in [-0.39, 0.29) is 10.6 Å².